The Morgan fingerprint density at radius 2 is 1.24 bits per heavy atom. The monoisotopic (exact) mass is 363 g/mol. The van der Waals surface area contributed by atoms with Gasteiger partial charge in [-0.3, -0.25) is 0 Å². The van der Waals surface area contributed by atoms with Gasteiger partial charge in [-0.15, -0.1) is 0 Å². The van der Waals surface area contributed by atoms with E-state index >= 15 is 0 Å². The molecular formula is C17H15F6NO. The first-order valence-electron chi connectivity index (χ1n) is 7.16. The van der Waals surface area contributed by atoms with Gasteiger partial charge in [0.15, 0.2) is 0 Å². The SMILES string of the molecule is CN(C)Cc1ccc(Oc2cc(C(F)(F)F)cc(C(F)(F)F)c2)cc1. The Kier molecular flexibility index (Phi) is 5.31. The Morgan fingerprint density at radius 3 is 1.64 bits per heavy atom. The van der Waals surface area contributed by atoms with Crippen LogP contribution < -0.4 is 4.74 Å². The highest BCUT2D eigenvalue weighted by Gasteiger charge is 2.37. The number of ether oxygens (including phenoxy) is 1. The third kappa shape index (κ3) is 5.38. The van der Waals surface area contributed by atoms with Gasteiger partial charge >= 0.3 is 12.4 Å². The minimum atomic E-state index is -4.91. The van der Waals surface area contributed by atoms with Gasteiger partial charge in [-0.1, -0.05) is 12.1 Å². The Morgan fingerprint density at radius 1 is 0.760 bits per heavy atom. The molecule has 8 heteroatoms. The van der Waals surface area contributed by atoms with E-state index in [0.717, 1.165) is 5.56 Å². The zero-order chi connectivity index (χ0) is 18.8. The van der Waals surface area contributed by atoms with Gasteiger partial charge in [-0.05, 0) is 50.0 Å². The Labute approximate surface area is 140 Å². The summed E-state index contributed by atoms with van der Waals surface area (Å²) >= 11 is 0. The van der Waals surface area contributed by atoms with Crippen LogP contribution in [0.5, 0.6) is 11.5 Å². The number of rotatable bonds is 4. The van der Waals surface area contributed by atoms with Gasteiger partial charge < -0.3 is 9.64 Å². The van der Waals surface area contributed by atoms with E-state index in [9.17, 15) is 26.3 Å². The molecule has 0 atom stereocenters. The molecule has 0 spiro atoms. The van der Waals surface area contributed by atoms with E-state index in [1.165, 1.54) is 12.1 Å². The van der Waals surface area contributed by atoms with Crippen LogP contribution in [0.25, 0.3) is 0 Å². The van der Waals surface area contributed by atoms with E-state index in [1.807, 2.05) is 19.0 Å². The quantitative estimate of drug-likeness (QED) is 0.658. The van der Waals surface area contributed by atoms with Crippen molar-refractivity contribution in [2.75, 3.05) is 14.1 Å². The number of benzene rings is 2. The van der Waals surface area contributed by atoms with Crippen molar-refractivity contribution in [3.8, 4) is 11.5 Å². The highest BCUT2D eigenvalue weighted by molar-refractivity contribution is 5.40. The molecule has 0 unspecified atom stereocenters. The number of alkyl halides is 6. The molecule has 0 saturated carbocycles. The maximum atomic E-state index is 12.8. The predicted molar refractivity (Wildman–Crippen MR) is 80.4 cm³/mol. The van der Waals surface area contributed by atoms with Crippen LogP contribution in [0.3, 0.4) is 0 Å². The van der Waals surface area contributed by atoms with Gasteiger partial charge in [0.05, 0.1) is 11.1 Å². The van der Waals surface area contributed by atoms with Gasteiger partial charge in [-0.2, -0.15) is 26.3 Å². The van der Waals surface area contributed by atoms with E-state index in [0.29, 0.717) is 18.7 Å². The van der Waals surface area contributed by atoms with Crippen LogP contribution in [0.4, 0.5) is 26.3 Å². The second kappa shape index (κ2) is 6.95. The van der Waals surface area contributed by atoms with Gasteiger partial charge in [-0.25, -0.2) is 0 Å². The van der Waals surface area contributed by atoms with Crippen LogP contribution in [-0.4, -0.2) is 19.0 Å². The Bertz CT molecular complexity index is 687. The minimum absolute atomic E-state index is 0.0625. The molecule has 136 valence electrons. The van der Waals surface area contributed by atoms with E-state index in [2.05, 4.69) is 0 Å². The largest absolute Gasteiger partial charge is 0.457 e. The lowest BCUT2D eigenvalue weighted by atomic mass is 10.1. The van der Waals surface area contributed by atoms with Crippen molar-refractivity contribution >= 4 is 0 Å². The summed E-state index contributed by atoms with van der Waals surface area (Å²) in [5.41, 5.74) is -1.90. The van der Waals surface area contributed by atoms with Gasteiger partial charge in [0.25, 0.3) is 0 Å². The Balaban J connectivity index is 2.32. The lowest BCUT2D eigenvalue weighted by Crippen LogP contribution is -2.11. The average molecular weight is 363 g/mol. The summed E-state index contributed by atoms with van der Waals surface area (Å²) in [7, 11) is 3.73. The van der Waals surface area contributed by atoms with E-state index < -0.39 is 29.2 Å². The molecule has 0 aliphatic heterocycles. The molecule has 0 amide bonds. The standard InChI is InChI=1S/C17H15F6NO/c1-24(2)10-11-3-5-14(6-4-11)25-15-8-12(16(18,19)20)7-13(9-15)17(21,22)23/h3-9H,10H2,1-2H3. The summed E-state index contributed by atoms with van der Waals surface area (Å²) in [5.74, 6) is -0.377. The molecular weight excluding hydrogens is 348 g/mol. The third-order valence-corrected chi connectivity index (χ3v) is 3.22. The normalized spacial score (nSPS) is 12.5. The average Bonchev–Trinajstić information content (AvgIpc) is 2.46. The zero-order valence-electron chi connectivity index (χ0n) is 13.4. The van der Waals surface area contributed by atoms with Gasteiger partial charge in [0, 0.05) is 6.54 Å². The van der Waals surface area contributed by atoms with Crippen LogP contribution in [-0.2, 0) is 18.9 Å². The molecule has 0 radical (unpaired) electrons. The van der Waals surface area contributed by atoms with E-state index in [1.54, 1.807) is 12.1 Å². The van der Waals surface area contributed by atoms with Crippen molar-refractivity contribution in [3.63, 3.8) is 0 Å². The third-order valence-electron chi connectivity index (χ3n) is 3.22. The summed E-state index contributed by atoms with van der Waals surface area (Å²) in [6, 6.07) is 7.51. The maximum absolute atomic E-state index is 12.8. The fourth-order valence-electron chi connectivity index (χ4n) is 2.15. The summed E-state index contributed by atoms with van der Waals surface area (Å²) in [6.45, 7) is 0.641. The molecule has 0 aliphatic rings. The van der Waals surface area contributed by atoms with Crippen molar-refractivity contribution in [2.24, 2.45) is 0 Å². The molecule has 2 nitrogen and oxygen atoms in total. The lowest BCUT2D eigenvalue weighted by Gasteiger charge is -2.15. The first-order chi connectivity index (χ1) is 11.4. The highest BCUT2D eigenvalue weighted by atomic mass is 19.4. The van der Waals surface area contributed by atoms with E-state index in [4.69, 9.17) is 4.74 Å². The summed E-state index contributed by atoms with van der Waals surface area (Å²) < 4.78 is 82.1. The number of hydrogen-bond acceptors (Lipinski definition) is 2. The first-order valence-corrected chi connectivity index (χ1v) is 7.16. The number of halogens is 6. The molecule has 0 bridgehead atoms. The number of nitrogens with zero attached hydrogens (tertiary/aromatic N) is 1. The summed E-state index contributed by atoms with van der Waals surface area (Å²) in [6.07, 6.45) is -9.82. The van der Waals surface area contributed by atoms with Crippen molar-refractivity contribution in [1.29, 1.82) is 0 Å². The van der Waals surface area contributed by atoms with Crippen molar-refractivity contribution < 1.29 is 31.1 Å². The van der Waals surface area contributed by atoms with Crippen LogP contribution in [0.2, 0.25) is 0 Å². The topological polar surface area (TPSA) is 12.5 Å². The van der Waals surface area contributed by atoms with Crippen LogP contribution >= 0.6 is 0 Å². The van der Waals surface area contributed by atoms with E-state index in [-0.39, 0.29) is 11.8 Å². The summed E-state index contributed by atoms with van der Waals surface area (Å²) in [4.78, 5) is 1.91. The molecule has 0 saturated heterocycles. The fourth-order valence-corrected chi connectivity index (χ4v) is 2.15. The second-order valence-electron chi connectivity index (χ2n) is 5.73. The molecule has 2 aromatic rings. The summed E-state index contributed by atoms with van der Waals surface area (Å²) in [5, 5.41) is 0. The van der Waals surface area contributed by atoms with Crippen molar-refractivity contribution in [1.82, 2.24) is 4.90 Å². The lowest BCUT2D eigenvalue weighted by molar-refractivity contribution is -0.143. The molecule has 2 rings (SSSR count). The fraction of sp³-hybridized carbons (Fsp3) is 0.294. The van der Waals surface area contributed by atoms with Crippen LogP contribution in [0.1, 0.15) is 16.7 Å². The van der Waals surface area contributed by atoms with Crippen molar-refractivity contribution in [2.45, 2.75) is 18.9 Å². The van der Waals surface area contributed by atoms with Crippen LogP contribution in [0, 0.1) is 0 Å². The first kappa shape index (κ1) is 19.1. The zero-order valence-corrected chi connectivity index (χ0v) is 13.4. The van der Waals surface area contributed by atoms with Crippen LogP contribution in [0.15, 0.2) is 42.5 Å². The molecule has 0 heterocycles. The molecule has 0 fully saturated rings. The second-order valence-corrected chi connectivity index (χ2v) is 5.73. The maximum Gasteiger partial charge on any atom is 0.416 e. The van der Waals surface area contributed by atoms with Gasteiger partial charge in [0.2, 0.25) is 0 Å². The minimum Gasteiger partial charge on any atom is -0.457 e. The highest BCUT2D eigenvalue weighted by Crippen LogP contribution is 2.39. The number of hydrogen-bond donors (Lipinski definition) is 0. The molecule has 25 heavy (non-hydrogen) atoms. The molecule has 0 N–H and O–H groups in total. The molecule has 0 aliphatic carbocycles. The smallest absolute Gasteiger partial charge is 0.416 e. The van der Waals surface area contributed by atoms with Crippen molar-refractivity contribution in [3.05, 3.63) is 59.2 Å². The van der Waals surface area contributed by atoms with Gasteiger partial charge in [0.1, 0.15) is 11.5 Å². The molecule has 2 aromatic carbocycles. The molecule has 0 aromatic heterocycles. The Hall–Kier alpha value is -2.22. The predicted octanol–water partition coefficient (Wildman–Crippen LogP) is 5.58.